The predicted molar refractivity (Wildman–Crippen MR) is 101 cm³/mol. The van der Waals surface area contributed by atoms with Crippen molar-refractivity contribution in [2.45, 2.75) is 95.9 Å². The zero-order chi connectivity index (χ0) is 22.2. The van der Waals surface area contributed by atoms with Crippen molar-refractivity contribution in [3.63, 3.8) is 0 Å². The van der Waals surface area contributed by atoms with Crippen molar-refractivity contribution in [2.75, 3.05) is 0 Å². The van der Waals surface area contributed by atoms with Gasteiger partial charge in [-0.1, -0.05) is 20.8 Å². The zero-order valence-corrected chi connectivity index (χ0v) is 17.9. The Morgan fingerprint density at radius 2 is 1.79 bits per heavy atom. The van der Waals surface area contributed by atoms with Gasteiger partial charge in [0, 0.05) is 24.7 Å². The van der Waals surface area contributed by atoms with Gasteiger partial charge in [0.05, 0.1) is 12.2 Å². The summed E-state index contributed by atoms with van der Waals surface area (Å²) in [6.07, 6.45) is -2.89. The van der Waals surface area contributed by atoms with Crippen molar-refractivity contribution in [1.29, 1.82) is 0 Å². The largest absolute Gasteiger partial charge is 0.457 e. The molecule has 0 radical (unpaired) electrons. The van der Waals surface area contributed by atoms with Crippen LogP contribution in [0.4, 0.5) is 0 Å². The van der Waals surface area contributed by atoms with E-state index in [0.29, 0.717) is 19.1 Å². The molecule has 1 heterocycles. The van der Waals surface area contributed by atoms with Crippen molar-refractivity contribution < 1.29 is 39.2 Å². The maximum absolute atomic E-state index is 13.5. The molecule has 164 valence electrons. The van der Waals surface area contributed by atoms with E-state index in [4.69, 9.17) is 9.47 Å². The van der Waals surface area contributed by atoms with Crippen LogP contribution in [0.25, 0.3) is 0 Å². The number of Topliss-reactive ketones (excluding diaryl/α,β-unsaturated/α-hetero) is 1. The van der Waals surface area contributed by atoms with Crippen molar-refractivity contribution >= 4 is 18.0 Å². The SMILES string of the molecule is CC(=O)OC1C(O)[C@H]2C(C)(C)CC[C@H](O)C2(C)[C@@]2(O)C(=O)C[C@](C)(C=O)O[C@]12C. The van der Waals surface area contributed by atoms with Crippen LogP contribution < -0.4 is 0 Å². The Balaban J connectivity index is 2.33. The lowest BCUT2D eigenvalue weighted by Gasteiger charge is -2.70. The highest BCUT2D eigenvalue weighted by atomic mass is 16.6. The number of hydrogen-bond acceptors (Lipinski definition) is 8. The Morgan fingerprint density at radius 1 is 1.21 bits per heavy atom. The minimum absolute atomic E-state index is 0.321. The van der Waals surface area contributed by atoms with Crippen LogP contribution in [0.15, 0.2) is 0 Å². The Hall–Kier alpha value is -1.35. The smallest absolute Gasteiger partial charge is 0.303 e. The number of carbonyl (C=O) groups excluding carboxylic acids is 3. The highest BCUT2D eigenvalue weighted by Crippen LogP contribution is 2.66. The second kappa shape index (κ2) is 6.33. The van der Waals surface area contributed by atoms with Crippen molar-refractivity contribution in [1.82, 2.24) is 0 Å². The number of aliphatic hydroxyl groups excluding tert-OH is 2. The predicted octanol–water partition coefficient (Wildman–Crippen LogP) is 0.533. The van der Waals surface area contributed by atoms with Gasteiger partial charge in [0.15, 0.2) is 23.8 Å². The number of fused-ring (bicyclic) bond motifs is 3. The van der Waals surface area contributed by atoms with Gasteiger partial charge in [0.25, 0.3) is 0 Å². The summed E-state index contributed by atoms with van der Waals surface area (Å²) in [5.74, 6) is -2.16. The van der Waals surface area contributed by atoms with E-state index in [2.05, 4.69) is 0 Å². The molecule has 1 saturated heterocycles. The van der Waals surface area contributed by atoms with Gasteiger partial charge in [-0.2, -0.15) is 0 Å². The summed E-state index contributed by atoms with van der Waals surface area (Å²) in [7, 11) is 0. The molecule has 0 amide bonds. The van der Waals surface area contributed by atoms with E-state index in [1.54, 1.807) is 6.92 Å². The lowest BCUT2D eigenvalue weighted by atomic mass is 9.40. The fourth-order valence-electron chi connectivity index (χ4n) is 6.61. The second-order valence-corrected chi connectivity index (χ2v) is 10.3. The topological polar surface area (TPSA) is 130 Å². The molecule has 3 fully saturated rings. The van der Waals surface area contributed by atoms with Crippen molar-refractivity contribution in [2.24, 2.45) is 16.7 Å². The Labute approximate surface area is 170 Å². The first-order valence-electron chi connectivity index (χ1n) is 10.1. The number of carbonyl (C=O) groups is 3. The zero-order valence-electron chi connectivity index (χ0n) is 17.9. The molecular formula is C21H32O8. The fourth-order valence-corrected chi connectivity index (χ4v) is 6.61. The van der Waals surface area contributed by atoms with Gasteiger partial charge >= 0.3 is 5.97 Å². The van der Waals surface area contributed by atoms with E-state index in [0.717, 1.165) is 6.92 Å². The molecule has 29 heavy (non-hydrogen) atoms. The van der Waals surface area contributed by atoms with Crippen LogP contribution in [0.1, 0.15) is 60.8 Å². The van der Waals surface area contributed by atoms with Crippen LogP contribution in [-0.4, -0.2) is 68.5 Å². The van der Waals surface area contributed by atoms with Crippen molar-refractivity contribution in [3.8, 4) is 0 Å². The fraction of sp³-hybridized carbons (Fsp3) is 0.857. The second-order valence-electron chi connectivity index (χ2n) is 10.3. The summed E-state index contributed by atoms with van der Waals surface area (Å²) < 4.78 is 11.4. The standard InChI is InChI=1S/C21H32O8/c1-11(23)28-16-14(26)15-17(2,3)8-7-12(24)19(15,5)21(27)13(25)9-18(4,10-22)29-20(16,21)6/h10,12,14-16,24,26-27H,7-9H2,1-6H3/t12-,14?,15-,16?,18+,19?,20+,21-/m0/s1. The minimum Gasteiger partial charge on any atom is -0.457 e. The van der Waals surface area contributed by atoms with E-state index in [9.17, 15) is 29.7 Å². The van der Waals surface area contributed by atoms with Gasteiger partial charge in [-0.3, -0.25) is 9.59 Å². The Kier molecular flexibility index (Phi) is 4.87. The molecule has 3 unspecified atom stereocenters. The molecule has 0 aromatic heterocycles. The minimum atomic E-state index is -2.29. The highest BCUT2D eigenvalue weighted by molar-refractivity contribution is 5.94. The molecule has 2 saturated carbocycles. The molecule has 0 bridgehead atoms. The highest BCUT2D eigenvalue weighted by Gasteiger charge is 2.81. The first-order valence-corrected chi connectivity index (χ1v) is 10.1. The summed E-state index contributed by atoms with van der Waals surface area (Å²) in [6, 6.07) is 0. The number of ether oxygens (including phenoxy) is 2. The van der Waals surface area contributed by atoms with Crippen LogP contribution in [0, 0.1) is 16.7 Å². The average molecular weight is 412 g/mol. The number of ketones is 1. The van der Waals surface area contributed by atoms with Crippen LogP contribution in [0.5, 0.6) is 0 Å². The quantitative estimate of drug-likeness (QED) is 0.442. The lowest BCUT2D eigenvalue weighted by molar-refractivity contribution is -0.370. The third-order valence-corrected chi connectivity index (χ3v) is 7.84. The summed E-state index contributed by atoms with van der Waals surface area (Å²) in [5.41, 5.74) is -7.85. The third-order valence-electron chi connectivity index (χ3n) is 7.84. The summed E-state index contributed by atoms with van der Waals surface area (Å²) in [6.45, 7) is 9.32. The molecule has 0 aromatic carbocycles. The molecule has 8 nitrogen and oxygen atoms in total. The summed E-state index contributed by atoms with van der Waals surface area (Å²) in [5, 5.41) is 34.5. The van der Waals surface area contributed by atoms with E-state index >= 15 is 0 Å². The third kappa shape index (κ3) is 2.62. The molecule has 3 rings (SSSR count). The lowest BCUT2D eigenvalue weighted by Crippen LogP contribution is -2.87. The summed E-state index contributed by atoms with van der Waals surface area (Å²) in [4.78, 5) is 37.1. The molecule has 0 spiro atoms. The van der Waals surface area contributed by atoms with Gasteiger partial charge in [-0.15, -0.1) is 0 Å². The molecule has 8 heteroatoms. The van der Waals surface area contributed by atoms with Gasteiger partial charge in [0.2, 0.25) is 0 Å². The van der Waals surface area contributed by atoms with E-state index < -0.39 is 63.6 Å². The van der Waals surface area contributed by atoms with Gasteiger partial charge in [0.1, 0.15) is 11.2 Å². The molecular weight excluding hydrogens is 380 g/mol. The van der Waals surface area contributed by atoms with Crippen molar-refractivity contribution in [3.05, 3.63) is 0 Å². The van der Waals surface area contributed by atoms with Crippen LogP contribution in [0.3, 0.4) is 0 Å². The van der Waals surface area contributed by atoms with Gasteiger partial charge < -0.3 is 29.6 Å². The van der Waals surface area contributed by atoms with E-state index in [1.807, 2.05) is 13.8 Å². The van der Waals surface area contributed by atoms with E-state index in [-0.39, 0.29) is 6.42 Å². The number of aldehydes is 1. The van der Waals surface area contributed by atoms with Crippen LogP contribution in [0.2, 0.25) is 0 Å². The molecule has 1 aliphatic heterocycles. The van der Waals surface area contributed by atoms with Gasteiger partial charge in [-0.25, -0.2) is 0 Å². The number of hydrogen-bond donors (Lipinski definition) is 3. The first kappa shape index (κ1) is 22.3. The summed E-state index contributed by atoms with van der Waals surface area (Å²) >= 11 is 0. The van der Waals surface area contributed by atoms with E-state index in [1.165, 1.54) is 13.8 Å². The Bertz CT molecular complexity index is 749. The first-order chi connectivity index (χ1) is 13.1. The maximum atomic E-state index is 13.5. The van der Waals surface area contributed by atoms with Gasteiger partial charge in [-0.05, 0) is 32.1 Å². The molecule has 2 aliphatic carbocycles. The molecule has 0 aromatic rings. The number of rotatable bonds is 2. The molecule has 3 N–H and O–H groups in total. The monoisotopic (exact) mass is 412 g/mol. The number of esters is 1. The number of aliphatic hydroxyl groups is 3. The maximum Gasteiger partial charge on any atom is 0.303 e. The molecule has 8 atom stereocenters. The normalized spacial score (nSPS) is 51.6. The average Bonchev–Trinajstić information content (AvgIpc) is 2.59. The van der Waals surface area contributed by atoms with Crippen LogP contribution in [-0.2, 0) is 23.9 Å². The molecule has 3 aliphatic rings. The van der Waals surface area contributed by atoms with Crippen LogP contribution >= 0.6 is 0 Å². The Morgan fingerprint density at radius 3 is 2.31 bits per heavy atom.